The van der Waals surface area contributed by atoms with Crippen molar-refractivity contribution in [3.05, 3.63) is 17.5 Å². The van der Waals surface area contributed by atoms with Crippen molar-refractivity contribution in [3.63, 3.8) is 0 Å². The van der Waals surface area contributed by atoms with E-state index in [9.17, 15) is 9.00 Å². The molecule has 1 heterocycles. The van der Waals surface area contributed by atoms with E-state index in [-0.39, 0.29) is 17.2 Å². The van der Waals surface area contributed by atoms with Crippen LogP contribution in [0.1, 0.15) is 39.1 Å². The summed E-state index contributed by atoms with van der Waals surface area (Å²) in [6.45, 7) is 9.10. The molecule has 102 valence electrons. The summed E-state index contributed by atoms with van der Waals surface area (Å²) in [6, 6.07) is 1.73. The van der Waals surface area contributed by atoms with Gasteiger partial charge in [0.15, 0.2) is 0 Å². The molecule has 5 nitrogen and oxygen atoms in total. The number of nitrogens with one attached hydrogen (secondary N) is 1. The van der Waals surface area contributed by atoms with E-state index in [1.54, 1.807) is 19.9 Å². The molecule has 1 aromatic rings. The number of aromatic nitrogens is 1. The van der Waals surface area contributed by atoms with Crippen LogP contribution in [0.25, 0.3) is 0 Å². The molecule has 0 aromatic carbocycles. The second-order valence-electron chi connectivity index (χ2n) is 5.34. The van der Waals surface area contributed by atoms with Crippen LogP contribution in [0.5, 0.6) is 0 Å². The molecule has 0 saturated carbocycles. The molecule has 0 aliphatic heterocycles. The van der Waals surface area contributed by atoms with Crippen LogP contribution in [0.4, 0.5) is 0 Å². The Hall–Kier alpha value is -1.17. The van der Waals surface area contributed by atoms with Gasteiger partial charge in [0.2, 0.25) is 5.91 Å². The predicted octanol–water partition coefficient (Wildman–Crippen LogP) is 1.53. The predicted molar refractivity (Wildman–Crippen MR) is 70.4 cm³/mol. The molecule has 0 bridgehead atoms. The van der Waals surface area contributed by atoms with Crippen LogP contribution in [0.3, 0.4) is 0 Å². The third-order valence-corrected chi connectivity index (χ3v) is 3.81. The van der Waals surface area contributed by atoms with Crippen LogP contribution >= 0.6 is 0 Å². The van der Waals surface area contributed by atoms with E-state index in [0.717, 1.165) is 0 Å². The molecule has 1 amide bonds. The van der Waals surface area contributed by atoms with Gasteiger partial charge in [-0.25, -0.2) is 0 Å². The average molecular weight is 272 g/mol. The molecule has 2 atom stereocenters. The van der Waals surface area contributed by atoms with E-state index in [0.29, 0.717) is 11.5 Å². The molecule has 0 aliphatic carbocycles. The standard InChI is InChI=1S/C12H20N2O3S/c1-8-6-10(14-17-8)7-18(16)9(2)11(15)13-12(3,4)5/h6,9H,7H2,1-5H3,(H,13,15). The normalized spacial score (nSPS) is 15.2. The highest BCUT2D eigenvalue weighted by molar-refractivity contribution is 7.85. The largest absolute Gasteiger partial charge is 0.361 e. The Morgan fingerprint density at radius 3 is 2.61 bits per heavy atom. The van der Waals surface area contributed by atoms with Crippen molar-refractivity contribution in [3.8, 4) is 0 Å². The molecule has 0 radical (unpaired) electrons. The Morgan fingerprint density at radius 2 is 2.17 bits per heavy atom. The molecule has 0 aliphatic rings. The van der Waals surface area contributed by atoms with E-state index < -0.39 is 16.0 Å². The van der Waals surface area contributed by atoms with E-state index in [1.807, 2.05) is 20.8 Å². The van der Waals surface area contributed by atoms with Gasteiger partial charge in [0, 0.05) is 22.4 Å². The van der Waals surface area contributed by atoms with Crippen molar-refractivity contribution >= 4 is 16.7 Å². The van der Waals surface area contributed by atoms with Crippen LogP contribution in [0.2, 0.25) is 0 Å². The summed E-state index contributed by atoms with van der Waals surface area (Å²) in [5.74, 6) is 0.700. The number of aryl methyl sites for hydroxylation is 1. The lowest BCUT2D eigenvalue weighted by Gasteiger charge is -2.22. The first kappa shape index (κ1) is 14.9. The monoisotopic (exact) mass is 272 g/mol. The Kier molecular flexibility index (Phi) is 4.67. The second kappa shape index (κ2) is 5.65. The van der Waals surface area contributed by atoms with E-state index in [2.05, 4.69) is 10.5 Å². The van der Waals surface area contributed by atoms with Crippen LogP contribution in [0.15, 0.2) is 10.6 Å². The van der Waals surface area contributed by atoms with Gasteiger partial charge in [0.05, 0.1) is 11.4 Å². The highest BCUT2D eigenvalue weighted by Crippen LogP contribution is 2.09. The van der Waals surface area contributed by atoms with Gasteiger partial charge >= 0.3 is 0 Å². The van der Waals surface area contributed by atoms with Gasteiger partial charge in [0.25, 0.3) is 0 Å². The Balaban J connectivity index is 2.59. The number of rotatable bonds is 4. The Bertz CT molecular complexity index is 448. The van der Waals surface area contributed by atoms with E-state index in [1.165, 1.54) is 0 Å². The zero-order chi connectivity index (χ0) is 13.9. The van der Waals surface area contributed by atoms with Crippen LogP contribution in [0, 0.1) is 6.92 Å². The first-order valence-electron chi connectivity index (χ1n) is 5.80. The van der Waals surface area contributed by atoms with Crippen molar-refractivity contribution in [2.75, 3.05) is 0 Å². The molecule has 0 fully saturated rings. The number of hydrogen-bond donors (Lipinski definition) is 1. The van der Waals surface area contributed by atoms with Gasteiger partial charge in [-0.1, -0.05) is 5.16 Å². The number of carbonyl (C=O) groups excluding carboxylic acids is 1. The zero-order valence-corrected chi connectivity index (χ0v) is 12.3. The summed E-state index contributed by atoms with van der Waals surface area (Å²) < 4.78 is 16.9. The molecular weight excluding hydrogens is 252 g/mol. The fraction of sp³-hybridized carbons (Fsp3) is 0.667. The van der Waals surface area contributed by atoms with Crippen molar-refractivity contribution in [1.82, 2.24) is 10.5 Å². The SMILES string of the molecule is Cc1cc(CS(=O)C(C)C(=O)NC(C)(C)C)no1. The summed E-state index contributed by atoms with van der Waals surface area (Å²) in [6.07, 6.45) is 0. The first-order chi connectivity index (χ1) is 8.19. The molecule has 2 unspecified atom stereocenters. The molecule has 18 heavy (non-hydrogen) atoms. The van der Waals surface area contributed by atoms with Gasteiger partial charge in [-0.3, -0.25) is 9.00 Å². The van der Waals surface area contributed by atoms with Crippen molar-refractivity contribution < 1.29 is 13.5 Å². The van der Waals surface area contributed by atoms with Gasteiger partial charge in [-0.15, -0.1) is 0 Å². The number of hydrogen-bond acceptors (Lipinski definition) is 4. The third-order valence-electron chi connectivity index (χ3n) is 2.23. The van der Waals surface area contributed by atoms with E-state index >= 15 is 0 Å². The van der Waals surface area contributed by atoms with Crippen molar-refractivity contribution in [2.24, 2.45) is 0 Å². The maximum Gasteiger partial charge on any atom is 0.235 e. The van der Waals surface area contributed by atoms with Crippen LogP contribution in [-0.4, -0.2) is 26.1 Å². The molecule has 1 aromatic heterocycles. The summed E-state index contributed by atoms with van der Waals surface area (Å²) in [4.78, 5) is 11.8. The molecular formula is C12H20N2O3S. The fourth-order valence-corrected chi connectivity index (χ4v) is 2.32. The highest BCUT2D eigenvalue weighted by atomic mass is 32.2. The summed E-state index contributed by atoms with van der Waals surface area (Å²) in [7, 11) is -1.30. The maximum atomic E-state index is 12.0. The van der Waals surface area contributed by atoms with Gasteiger partial charge < -0.3 is 9.84 Å². The molecule has 1 N–H and O–H groups in total. The summed E-state index contributed by atoms with van der Waals surface area (Å²) in [5.41, 5.74) is 0.293. The lowest BCUT2D eigenvalue weighted by atomic mass is 10.1. The summed E-state index contributed by atoms with van der Waals surface area (Å²) in [5, 5.41) is 6.02. The first-order valence-corrected chi connectivity index (χ1v) is 7.18. The van der Waals surface area contributed by atoms with Crippen LogP contribution < -0.4 is 5.32 Å². The highest BCUT2D eigenvalue weighted by Gasteiger charge is 2.24. The van der Waals surface area contributed by atoms with Crippen LogP contribution in [-0.2, 0) is 21.3 Å². The minimum absolute atomic E-state index is 0.207. The molecule has 0 saturated heterocycles. The fourth-order valence-electron chi connectivity index (χ4n) is 1.35. The van der Waals surface area contributed by atoms with E-state index in [4.69, 9.17) is 4.52 Å². The van der Waals surface area contributed by atoms with Gasteiger partial charge in [0.1, 0.15) is 11.0 Å². The molecule has 6 heteroatoms. The topological polar surface area (TPSA) is 72.2 Å². The lowest BCUT2D eigenvalue weighted by molar-refractivity contribution is -0.121. The number of carbonyl (C=O) groups is 1. The molecule has 0 spiro atoms. The second-order valence-corrected chi connectivity index (χ2v) is 7.09. The summed E-state index contributed by atoms with van der Waals surface area (Å²) >= 11 is 0. The molecule has 1 rings (SSSR count). The minimum Gasteiger partial charge on any atom is -0.361 e. The maximum absolute atomic E-state index is 12.0. The Morgan fingerprint density at radius 1 is 1.56 bits per heavy atom. The number of nitrogens with zero attached hydrogens (tertiary/aromatic N) is 1. The lowest BCUT2D eigenvalue weighted by Crippen LogP contribution is -2.46. The third kappa shape index (κ3) is 4.60. The Labute approximate surface area is 110 Å². The van der Waals surface area contributed by atoms with Crippen molar-refractivity contribution in [2.45, 2.75) is 51.2 Å². The van der Waals surface area contributed by atoms with Gasteiger partial charge in [-0.05, 0) is 34.6 Å². The van der Waals surface area contributed by atoms with Gasteiger partial charge in [-0.2, -0.15) is 0 Å². The average Bonchev–Trinajstić information content (AvgIpc) is 2.60. The number of amides is 1. The quantitative estimate of drug-likeness (QED) is 0.902. The van der Waals surface area contributed by atoms with Crippen molar-refractivity contribution in [1.29, 1.82) is 0 Å². The smallest absolute Gasteiger partial charge is 0.235 e. The minimum atomic E-state index is -1.30. The zero-order valence-electron chi connectivity index (χ0n) is 11.4.